The standard InChI is InChI=1S/C14H20N4O/c19-13-5-2-8-17(13)10-12-4-1-9-18(11-12)14-15-6-3-7-16-14/h3,6-7,12H,1-2,4-5,8-11H2/t12-/m0/s1. The van der Waals surface area contributed by atoms with Crippen molar-refractivity contribution >= 4 is 11.9 Å². The summed E-state index contributed by atoms with van der Waals surface area (Å²) in [5, 5.41) is 0. The van der Waals surface area contributed by atoms with Crippen LogP contribution >= 0.6 is 0 Å². The number of anilines is 1. The highest BCUT2D eigenvalue weighted by molar-refractivity contribution is 5.78. The van der Waals surface area contributed by atoms with Crippen LogP contribution < -0.4 is 4.90 Å². The number of carbonyl (C=O) groups is 1. The van der Waals surface area contributed by atoms with Crippen molar-refractivity contribution in [2.75, 3.05) is 31.1 Å². The van der Waals surface area contributed by atoms with Crippen LogP contribution in [0.25, 0.3) is 0 Å². The second-order valence-corrected chi connectivity index (χ2v) is 5.45. The predicted octanol–water partition coefficient (Wildman–Crippen LogP) is 1.32. The molecule has 19 heavy (non-hydrogen) atoms. The Morgan fingerprint density at radius 2 is 2.05 bits per heavy atom. The van der Waals surface area contributed by atoms with E-state index in [0.717, 1.165) is 51.4 Å². The maximum absolute atomic E-state index is 11.7. The maximum Gasteiger partial charge on any atom is 0.225 e. The Hall–Kier alpha value is -1.65. The first-order valence-corrected chi connectivity index (χ1v) is 7.12. The first kappa shape index (κ1) is 12.4. The SMILES string of the molecule is O=C1CCCN1C[C@@H]1CCCN(c2ncccn2)C1. The molecule has 2 aliphatic heterocycles. The smallest absolute Gasteiger partial charge is 0.225 e. The van der Waals surface area contributed by atoms with E-state index in [1.54, 1.807) is 12.4 Å². The molecule has 3 rings (SSSR count). The number of aromatic nitrogens is 2. The van der Waals surface area contributed by atoms with Gasteiger partial charge >= 0.3 is 0 Å². The first-order chi connectivity index (χ1) is 9.33. The predicted molar refractivity (Wildman–Crippen MR) is 72.8 cm³/mol. The van der Waals surface area contributed by atoms with E-state index in [1.807, 2.05) is 11.0 Å². The summed E-state index contributed by atoms with van der Waals surface area (Å²) in [6.07, 6.45) is 7.69. The third kappa shape index (κ3) is 2.85. The molecule has 1 amide bonds. The third-order valence-corrected chi connectivity index (χ3v) is 4.00. The van der Waals surface area contributed by atoms with Crippen LogP contribution in [0.15, 0.2) is 18.5 Å². The Kier molecular flexibility index (Phi) is 3.62. The summed E-state index contributed by atoms with van der Waals surface area (Å²) in [5.74, 6) is 1.70. The van der Waals surface area contributed by atoms with Crippen LogP contribution in [0.5, 0.6) is 0 Å². The largest absolute Gasteiger partial charge is 0.342 e. The van der Waals surface area contributed by atoms with E-state index >= 15 is 0 Å². The molecule has 0 aliphatic carbocycles. The molecule has 1 aromatic heterocycles. The maximum atomic E-state index is 11.7. The van der Waals surface area contributed by atoms with E-state index in [1.165, 1.54) is 6.42 Å². The minimum absolute atomic E-state index is 0.327. The van der Waals surface area contributed by atoms with E-state index in [9.17, 15) is 4.79 Å². The molecule has 1 atom stereocenters. The molecular formula is C14H20N4O. The highest BCUT2D eigenvalue weighted by Crippen LogP contribution is 2.22. The Labute approximate surface area is 113 Å². The van der Waals surface area contributed by atoms with Crippen LogP contribution in [0.1, 0.15) is 25.7 Å². The molecule has 5 nitrogen and oxygen atoms in total. The summed E-state index contributed by atoms with van der Waals surface area (Å²) in [4.78, 5) is 24.6. The van der Waals surface area contributed by atoms with Crippen LogP contribution in [0.2, 0.25) is 0 Å². The fraction of sp³-hybridized carbons (Fsp3) is 0.643. The van der Waals surface area contributed by atoms with Gasteiger partial charge in [0, 0.05) is 45.0 Å². The summed E-state index contributed by atoms with van der Waals surface area (Å²) in [6.45, 7) is 3.83. The van der Waals surface area contributed by atoms with Gasteiger partial charge in [0.25, 0.3) is 0 Å². The zero-order chi connectivity index (χ0) is 13.1. The van der Waals surface area contributed by atoms with Crippen molar-refractivity contribution in [3.05, 3.63) is 18.5 Å². The molecule has 2 aliphatic rings. The number of hydrogen-bond acceptors (Lipinski definition) is 4. The van der Waals surface area contributed by atoms with Gasteiger partial charge in [-0.3, -0.25) is 4.79 Å². The van der Waals surface area contributed by atoms with Crippen molar-refractivity contribution in [2.45, 2.75) is 25.7 Å². The molecule has 0 saturated carbocycles. The first-order valence-electron chi connectivity index (χ1n) is 7.12. The quantitative estimate of drug-likeness (QED) is 0.822. The van der Waals surface area contributed by atoms with Gasteiger partial charge in [-0.25, -0.2) is 9.97 Å². The Balaban J connectivity index is 1.60. The monoisotopic (exact) mass is 260 g/mol. The van der Waals surface area contributed by atoms with E-state index in [4.69, 9.17) is 0 Å². The van der Waals surface area contributed by atoms with Crippen LogP contribution in [0, 0.1) is 5.92 Å². The second kappa shape index (κ2) is 5.55. The van der Waals surface area contributed by atoms with Crippen LogP contribution in [-0.4, -0.2) is 47.0 Å². The minimum atomic E-state index is 0.327. The number of amides is 1. The number of rotatable bonds is 3. The lowest BCUT2D eigenvalue weighted by Gasteiger charge is -2.34. The average molecular weight is 260 g/mol. The summed E-state index contributed by atoms with van der Waals surface area (Å²) in [5.41, 5.74) is 0. The van der Waals surface area contributed by atoms with E-state index < -0.39 is 0 Å². The molecule has 0 N–H and O–H groups in total. The molecule has 0 radical (unpaired) electrons. The van der Waals surface area contributed by atoms with Gasteiger partial charge in [0.1, 0.15) is 0 Å². The zero-order valence-corrected chi connectivity index (χ0v) is 11.2. The van der Waals surface area contributed by atoms with Crippen molar-refractivity contribution in [3.63, 3.8) is 0 Å². The van der Waals surface area contributed by atoms with Crippen LogP contribution in [0.4, 0.5) is 5.95 Å². The summed E-state index contributed by atoms with van der Waals surface area (Å²) >= 11 is 0. The molecule has 102 valence electrons. The molecule has 0 spiro atoms. The number of nitrogens with zero attached hydrogens (tertiary/aromatic N) is 4. The van der Waals surface area contributed by atoms with Crippen molar-refractivity contribution in [1.29, 1.82) is 0 Å². The number of likely N-dealkylation sites (tertiary alicyclic amines) is 1. The molecule has 2 fully saturated rings. The van der Waals surface area contributed by atoms with Gasteiger partial charge in [0.15, 0.2) is 0 Å². The molecule has 5 heteroatoms. The lowest BCUT2D eigenvalue weighted by atomic mass is 9.98. The third-order valence-electron chi connectivity index (χ3n) is 4.00. The highest BCUT2D eigenvalue weighted by Gasteiger charge is 2.27. The second-order valence-electron chi connectivity index (χ2n) is 5.45. The molecule has 0 bridgehead atoms. The van der Waals surface area contributed by atoms with E-state index in [-0.39, 0.29) is 0 Å². The van der Waals surface area contributed by atoms with Gasteiger partial charge < -0.3 is 9.80 Å². The minimum Gasteiger partial charge on any atom is -0.342 e. The lowest BCUT2D eigenvalue weighted by Crippen LogP contribution is -2.42. The van der Waals surface area contributed by atoms with E-state index in [2.05, 4.69) is 14.9 Å². The van der Waals surface area contributed by atoms with Crippen molar-refractivity contribution in [3.8, 4) is 0 Å². The van der Waals surface area contributed by atoms with Crippen LogP contribution in [0.3, 0.4) is 0 Å². The zero-order valence-electron chi connectivity index (χ0n) is 11.2. The number of hydrogen-bond donors (Lipinski definition) is 0. The Bertz CT molecular complexity index is 436. The average Bonchev–Trinajstić information content (AvgIpc) is 2.86. The molecule has 2 saturated heterocycles. The van der Waals surface area contributed by atoms with Crippen molar-refractivity contribution in [2.24, 2.45) is 5.92 Å². The van der Waals surface area contributed by atoms with Gasteiger partial charge in [0.05, 0.1) is 0 Å². The van der Waals surface area contributed by atoms with E-state index in [0.29, 0.717) is 11.8 Å². The fourth-order valence-corrected chi connectivity index (χ4v) is 3.06. The van der Waals surface area contributed by atoms with Gasteiger partial charge in [0.2, 0.25) is 11.9 Å². The van der Waals surface area contributed by atoms with Gasteiger partial charge in [-0.15, -0.1) is 0 Å². The summed E-state index contributed by atoms with van der Waals surface area (Å²) < 4.78 is 0. The van der Waals surface area contributed by atoms with Crippen molar-refractivity contribution < 1.29 is 4.79 Å². The Morgan fingerprint density at radius 1 is 1.21 bits per heavy atom. The molecule has 0 unspecified atom stereocenters. The van der Waals surface area contributed by atoms with Gasteiger partial charge in [-0.05, 0) is 31.2 Å². The Morgan fingerprint density at radius 3 is 2.79 bits per heavy atom. The fourth-order valence-electron chi connectivity index (χ4n) is 3.06. The summed E-state index contributed by atoms with van der Waals surface area (Å²) in [6, 6.07) is 1.84. The van der Waals surface area contributed by atoms with Gasteiger partial charge in [-0.2, -0.15) is 0 Å². The topological polar surface area (TPSA) is 49.3 Å². The highest BCUT2D eigenvalue weighted by atomic mass is 16.2. The molecule has 3 heterocycles. The lowest BCUT2D eigenvalue weighted by molar-refractivity contribution is -0.128. The van der Waals surface area contributed by atoms with Crippen LogP contribution in [-0.2, 0) is 4.79 Å². The molecule has 0 aromatic carbocycles. The molecule has 1 aromatic rings. The van der Waals surface area contributed by atoms with Crippen molar-refractivity contribution in [1.82, 2.24) is 14.9 Å². The summed E-state index contributed by atoms with van der Waals surface area (Å²) in [7, 11) is 0. The van der Waals surface area contributed by atoms with Gasteiger partial charge in [-0.1, -0.05) is 0 Å². The molecular weight excluding hydrogens is 240 g/mol. The normalized spacial score (nSPS) is 24.0. The number of carbonyl (C=O) groups excluding carboxylic acids is 1. The number of piperidine rings is 1.